The Morgan fingerprint density at radius 3 is 2.08 bits per heavy atom. The van der Waals surface area contributed by atoms with E-state index < -0.39 is 6.37 Å². The molecule has 0 aliphatic heterocycles. The van der Waals surface area contributed by atoms with Crippen molar-refractivity contribution in [2.24, 2.45) is 11.8 Å². The first-order chi connectivity index (χ1) is 31.0. The van der Waals surface area contributed by atoms with Gasteiger partial charge in [-0.3, -0.25) is 9.55 Å². The van der Waals surface area contributed by atoms with Crippen molar-refractivity contribution in [1.82, 2.24) is 14.5 Å². The standard InChI is InChI=1S/C58H56N3O.Pt/c1-58(2,3)48-36-46(35-47(37-48)52-38-45(30-31-59-52)43-27-24-41(25-28-43)32-39-14-7-8-15-39)49-21-13-22-54-56(49)60-57(50-20-11-12-23-55(50)62)61(54)53-29-26-42(33-40-16-9-10-17-40)34-51(53)44-18-5-4-6-19-44;/h4-6,11-13,18-31,34,36-40,62H,7-10,14-17,32-33H2,1-3H3;/q-1;/i32D2;. The van der Waals surface area contributed by atoms with E-state index in [0.717, 1.165) is 111 Å². The molecule has 0 bridgehead atoms. The molecule has 2 fully saturated rings. The van der Waals surface area contributed by atoms with Crippen LogP contribution in [-0.4, -0.2) is 19.6 Å². The third kappa shape index (κ3) is 8.98. The molecule has 2 aromatic heterocycles. The molecule has 63 heavy (non-hydrogen) atoms. The molecule has 2 heterocycles. The number of pyridine rings is 1. The van der Waals surface area contributed by atoms with Crippen LogP contribution in [0.5, 0.6) is 5.75 Å². The van der Waals surface area contributed by atoms with Crippen molar-refractivity contribution in [2.75, 3.05) is 0 Å². The zero-order valence-electron chi connectivity index (χ0n) is 38.5. The molecular formula is C58H56N3OPt-. The van der Waals surface area contributed by atoms with Gasteiger partial charge >= 0.3 is 0 Å². The maximum atomic E-state index is 11.4. The van der Waals surface area contributed by atoms with Crippen LogP contribution in [-0.2, 0) is 39.3 Å². The molecule has 2 saturated carbocycles. The van der Waals surface area contributed by atoms with Gasteiger partial charge in [-0.15, -0.1) is 29.3 Å². The van der Waals surface area contributed by atoms with Crippen LogP contribution in [0.25, 0.3) is 72.7 Å². The summed E-state index contributed by atoms with van der Waals surface area (Å²) < 4.78 is 20.1. The number of benzene rings is 6. The molecule has 6 aromatic carbocycles. The molecule has 1 N–H and O–H groups in total. The van der Waals surface area contributed by atoms with Gasteiger partial charge in [0.1, 0.15) is 11.6 Å². The zero-order valence-corrected chi connectivity index (χ0v) is 38.8. The summed E-state index contributed by atoms with van der Waals surface area (Å²) in [6.07, 6.45) is 10.9. The fourth-order valence-electron chi connectivity index (χ4n) is 9.81. The van der Waals surface area contributed by atoms with Crippen LogP contribution in [0.1, 0.15) is 91.6 Å². The van der Waals surface area contributed by atoms with Crippen molar-refractivity contribution in [1.29, 1.82) is 0 Å². The van der Waals surface area contributed by atoms with Crippen molar-refractivity contribution in [3.05, 3.63) is 168 Å². The summed E-state index contributed by atoms with van der Waals surface area (Å²) in [6, 6.07) is 51.9. The molecule has 0 amide bonds. The minimum atomic E-state index is -1.33. The zero-order chi connectivity index (χ0) is 44.0. The van der Waals surface area contributed by atoms with E-state index in [1.54, 1.807) is 6.07 Å². The van der Waals surface area contributed by atoms with Crippen LogP contribution in [0.3, 0.4) is 0 Å². The molecule has 320 valence electrons. The van der Waals surface area contributed by atoms with Gasteiger partial charge in [-0.2, -0.15) is 0 Å². The summed E-state index contributed by atoms with van der Waals surface area (Å²) >= 11 is 0. The molecule has 2 aliphatic carbocycles. The van der Waals surface area contributed by atoms with Gasteiger partial charge in [0.25, 0.3) is 0 Å². The summed E-state index contributed by atoms with van der Waals surface area (Å²) in [6.45, 7) is 6.70. The van der Waals surface area contributed by atoms with Gasteiger partial charge < -0.3 is 5.11 Å². The molecule has 0 atom stereocenters. The molecule has 4 nitrogen and oxygen atoms in total. The first-order valence-corrected chi connectivity index (χ1v) is 22.7. The molecule has 0 radical (unpaired) electrons. The summed E-state index contributed by atoms with van der Waals surface area (Å²) in [5, 5.41) is 11.4. The maximum absolute atomic E-state index is 11.4. The Kier molecular flexibility index (Phi) is 11.7. The Morgan fingerprint density at radius 1 is 0.651 bits per heavy atom. The number of aromatic nitrogens is 3. The number of hydrogen-bond donors (Lipinski definition) is 1. The monoisotopic (exact) mass is 1010 g/mol. The molecule has 0 spiro atoms. The predicted molar refractivity (Wildman–Crippen MR) is 257 cm³/mol. The minimum absolute atomic E-state index is 0. The molecule has 8 aromatic rings. The fraction of sp³-hybridized carbons (Fsp3) is 0.276. The van der Waals surface area contributed by atoms with Gasteiger partial charge in [-0.05, 0) is 94.3 Å². The molecule has 5 heteroatoms. The van der Waals surface area contributed by atoms with Crippen molar-refractivity contribution < 1.29 is 28.9 Å². The Hall–Kier alpha value is -5.57. The van der Waals surface area contributed by atoms with E-state index in [0.29, 0.717) is 11.4 Å². The molecule has 0 unspecified atom stereocenters. The molecule has 2 aliphatic rings. The van der Waals surface area contributed by atoms with Gasteiger partial charge in [0.15, 0.2) is 0 Å². The van der Waals surface area contributed by atoms with Crippen LogP contribution in [0.15, 0.2) is 146 Å². The number of rotatable bonds is 10. The van der Waals surface area contributed by atoms with Gasteiger partial charge in [0, 0.05) is 41.3 Å². The van der Waals surface area contributed by atoms with E-state index >= 15 is 0 Å². The second-order valence-electron chi connectivity index (χ2n) is 18.6. The summed E-state index contributed by atoms with van der Waals surface area (Å²) in [5.74, 6) is 1.64. The number of hydrogen-bond acceptors (Lipinski definition) is 3. The first-order valence-electron chi connectivity index (χ1n) is 23.7. The van der Waals surface area contributed by atoms with Gasteiger partial charge in [-0.25, -0.2) is 4.98 Å². The molecular weight excluding hydrogens is 950 g/mol. The fourth-order valence-corrected chi connectivity index (χ4v) is 9.81. The van der Waals surface area contributed by atoms with Crippen LogP contribution in [0, 0.1) is 17.9 Å². The van der Waals surface area contributed by atoms with Crippen LogP contribution < -0.4 is 0 Å². The average Bonchev–Trinajstić information content (AvgIpc) is 4.12. The summed E-state index contributed by atoms with van der Waals surface area (Å²) in [5.41, 5.74) is 14.4. The smallest absolute Gasteiger partial charge is 0.148 e. The SMILES string of the molecule is [2H]C([2H])(c1ccc(-c2ccnc(-c3[c-]c(-c4cccc5c4nc(-c4ccccc4O)n5-c4ccc(CC5CCCC5)cc4-c4ccccc4)cc(C(C)(C)C)c3)c2)cc1)C1CCCC1.[Pt]. The van der Waals surface area contributed by atoms with E-state index in [4.69, 9.17) is 12.7 Å². The van der Waals surface area contributed by atoms with Crippen molar-refractivity contribution in [2.45, 2.75) is 90.3 Å². The van der Waals surface area contributed by atoms with Crippen LogP contribution in [0.4, 0.5) is 0 Å². The van der Waals surface area contributed by atoms with E-state index in [9.17, 15) is 5.11 Å². The number of phenolic OH excluding ortho intramolecular Hbond substituents is 1. The largest absolute Gasteiger partial charge is 0.507 e. The number of phenols is 1. The van der Waals surface area contributed by atoms with Crippen molar-refractivity contribution in [3.63, 3.8) is 0 Å². The van der Waals surface area contributed by atoms with E-state index in [2.05, 4.69) is 116 Å². The van der Waals surface area contributed by atoms with E-state index in [-0.39, 0.29) is 38.1 Å². The molecule has 10 rings (SSSR count). The van der Waals surface area contributed by atoms with Gasteiger partial charge in [-0.1, -0.05) is 174 Å². The third-order valence-electron chi connectivity index (χ3n) is 13.2. The third-order valence-corrected chi connectivity index (χ3v) is 13.2. The quantitative estimate of drug-likeness (QED) is 0.139. The second-order valence-corrected chi connectivity index (χ2v) is 18.6. The Labute approximate surface area is 390 Å². The van der Waals surface area contributed by atoms with Crippen molar-refractivity contribution >= 4 is 11.0 Å². The number of nitrogens with zero attached hydrogens (tertiary/aromatic N) is 3. The predicted octanol–water partition coefficient (Wildman–Crippen LogP) is 15.0. The van der Waals surface area contributed by atoms with Crippen LogP contribution >= 0.6 is 0 Å². The number of para-hydroxylation sites is 2. The Morgan fingerprint density at radius 2 is 1.33 bits per heavy atom. The van der Waals surface area contributed by atoms with E-state index in [1.807, 2.05) is 54.7 Å². The summed E-state index contributed by atoms with van der Waals surface area (Å²) in [4.78, 5) is 10.4. The maximum Gasteiger partial charge on any atom is 0.148 e. The number of imidazole rings is 1. The van der Waals surface area contributed by atoms with E-state index in [1.165, 1.54) is 31.2 Å². The number of aromatic hydroxyl groups is 1. The topological polar surface area (TPSA) is 50.9 Å². The summed E-state index contributed by atoms with van der Waals surface area (Å²) in [7, 11) is 0. The van der Waals surface area contributed by atoms with Crippen molar-refractivity contribution in [3.8, 4) is 67.5 Å². The normalized spacial score (nSPS) is 15.3. The van der Waals surface area contributed by atoms with Gasteiger partial charge in [0.05, 0.1) is 22.3 Å². The number of fused-ring (bicyclic) bond motifs is 1. The van der Waals surface area contributed by atoms with Gasteiger partial charge in [0.2, 0.25) is 0 Å². The first kappa shape index (κ1) is 40.2. The second kappa shape index (κ2) is 18.3. The minimum Gasteiger partial charge on any atom is -0.507 e. The average molecular weight is 1010 g/mol. The Bertz CT molecular complexity index is 2960. The Balaban J connectivity index is 0.00000533. The van der Waals surface area contributed by atoms with Crippen LogP contribution in [0.2, 0.25) is 0 Å². The molecule has 0 saturated heterocycles.